The number of hydrogen-bond acceptors (Lipinski definition) is 4. The molecule has 0 aliphatic carbocycles. The summed E-state index contributed by atoms with van der Waals surface area (Å²) < 4.78 is 2.59. The highest BCUT2D eigenvalue weighted by molar-refractivity contribution is 9.10. The summed E-state index contributed by atoms with van der Waals surface area (Å²) in [5.41, 5.74) is 7.85. The number of aromatic nitrogens is 4. The van der Waals surface area contributed by atoms with E-state index in [0.717, 1.165) is 15.7 Å². The van der Waals surface area contributed by atoms with E-state index in [1.54, 1.807) is 4.68 Å². The van der Waals surface area contributed by atoms with Crippen molar-refractivity contribution >= 4 is 15.9 Å². The first-order valence-corrected chi connectivity index (χ1v) is 5.69. The van der Waals surface area contributed by atoms with Gasteiger partial charge in [-0.1, -0.05) is 6.07 Å². The molecule has 84 valence electrons. The Labute approximate surface area is 102 Å². The van der Waals surface area contributed by atoms with Crippen molar-refractivity contribution in [1.82, 2.24) is 20.2 Å². The van der Waals surface area contributed by atoms with E-state index in [4.69, 9.17) is 5.73 Å². The Kier molecular flexibility index (Phi) is 3.02. The molecule has 2 aromatic rings. The molecule has 1 heterocycles. The van der Waals surface area contributed by atoms with Gasteiger partial charge in [-0.25, -0.2) is 0 Å². The molecule has 0 radical (unpaired) electrons. The lowest BCUT2D eigenvalue weighted by molar-refractivity contribution is 0.687. The van der Waals surface area contributed by atoms with Crippen molar-refractivity contribution in [1.29, 1.82) is 0 Å². The van der Waals surface area contributed by atoms with Gasteiger partial charge in [0.1, 0.15) is 0 Å². The van der Waals surface area contributed by atoms with Crippen molar-refractivity contribution in [2.75, 3.05) is 0 Å². The van der Waals surface area contributed by atoms with E-state index in [-0.39, 0.29) is 6.04 Å². The summed E-state index contributed by atoms with van der Waals surface area (Å²) >= 11 is 3.48. The molecule has 0 saturated heterocycles. The topological polar surface area (TPSA) is 69.6 Å². The lowest BCUT2D eigenvalue weighted by Crippen LogP contribution is -2.13. The maximum atomic E-state index is 5.81. The lowest BCUT2D eigenvalue weighted by Gasteiger charge is -2.09. The first-order valence-electron chi connectivity index (χ1n) is 4.90. The maximum Gasteiger partial charge on any atom is 0.173 e. The summed E-state index contributed by atoms with van der Waals surface area (Å²) in [7, 11) is 0. The number of rotatable bonds is 2. The Morgan fingerprint density at radius 3 is 2.88 bits per heavy atom. The largest absolute Gasteiger partial charge is 0.321 e. The molecule has 1 unspecified atom stereocenters. The summed E-state index contributed by atoms with van der Waals surface area (Å²) in [6, 6.07) is 5.79. The minimum absolute atomic E-state index is 0.206. The predicted octanol–water partition coefficient (Wildman–Crippen LogP) is 1.75. The summed E-state index contributed by atoms with van der Waals surface area (Å²) in [5, 5.41) is 11.5. The fourth-order valence-electron chi connectivity index (χ4n) is 1.43. The van der Waals surface area contributed by atoms with Gasteiger partial charge in [-0.3, -0.25) is 0 Å². The highest BCUT2D eigenvalue weighted by atomic mass is 79.9. The van der Waals surface area contributed by atoms with Gasteiger partial charge < -0.3 is 5.73 Å². The van der Waals surface area contributed by atoms with Gasteiger partial charge in [0.25, 0.3) is 0 Å². The highest BCUT2D eigenvalue weighted by Gasteiger charge is 2.14. The first-order chi connectivity index (χ1) is 7.59. The molecule has 2 rings (SSSR count). The third-order valence-corrected chi connectivity index (χ3v) is 2.90. The van der Waals surface area contributed by atoms with Crippen LogP contribution in [0, 0.1) is 6.92 Å². The molecule has 1 aromatic carbocycles. The number of nitrogens with two attached hydrogens (primary N) is 1. The van der Waals surface area contributed by atoms with E-state index in [0.29, 0.717) is 5.82 Å². The minimum Gasteiger partial charge on any atom is -0.321 e. The normalized spacial score (nSPS) is 12.8. The van der Waals surface area contributed by atoms with E-state index < -0.39 is 0 Å². The molecular formula is C10H12BrN5. The van der Waals surface area contributed by atoms with Gasteiger partial charge in [-0.15, -0.1) is 5.10 Å². The Balaban J connectivity index is 2.58. The van der Waals surface area contributed by atoms with Crippen LogP contribution in [0.4, 0.5) is 0 Å². The van der Waals surface area contributed by atoms with Crippen LogP contribution >= 0.6 is 15.9 Å². The van der Waals surface area contributed by atoms with Gasteiger partial charge in [-0.2, -0.15) is 4.68 Å². The number of hydrogen-bond donors (Lipinski definition) is 1. The van der Waals surface area contributed by atoms with Gasteiger partial charge in [0.15, 0.2) is 5.82 Å². The highest BCUT2D eigenvalue weighted by Crippen LogP contribution is 2.23. The zero-order valence-electron chi connectivity index (χ0n) is 9.05. The zero-order valence-corrected chi connectivity index (χ0v) is 10.6. The second kappa shape index (κ2) is 4.31. The van der Waals surface area contributed by atoms with Crippen molar-refractivity contribution in [3.63, 3.8) is 0 Å². The molecular weight excluding hydrogens is 270 g/mol. The standard InChI is InChI=1S/C10H12BrN5/c1-6-3-4-8(11)9(5-6)16-10(7(2)12)13-14-15-16/h3-5,7H,12H2,1-2H3. The van der Waals surface area contributed by atoms with E-state index in [2.05, 4.69) is 31.5 Å². The smallest absolute Gasteiger partial charge is 0.173 e. The SMILES string of the molecule is Cc1ccc(Br)c(-n2nnnc2C(C)N)c1. The predicted molar refractivity (Wildman–Crippen MR) is 64.2 cm³/mol. The van der Waals surface area contributed by atoms with Crippen LogP contribution in [0.3, 0.4) is 0 Å². The average Bonchev–Trinajstić information content (AvgIpc) is 2.70. The molecule has 16 heavy (non-hydrogen) atoms. The van der Waals surface area contributed by atoms with Gasteiger partial charge in [0.05, 0.1) is 11.7 Å². The van der Waals surface area contributed by atoms with Crippen LogP contribution in [0.25, 0.3) is 5.69 Å². The van der Waals surface area contributed by atoms with Gasteiger partial charge >= 0.3 is 0 Å². The number of benzene rings is 1. The van der Waals surface area contributed by atoms with E-state index in [9.17, 15) is 0 Å². The third kappa shape index (κ3) is 1.98. The molecule has 0 aliphatic heterocycles. The van der Waals surface area contributed by atoms with Crippen molar-refractivity contribution in [2.24, 2.45) is 5.73 Å². The first kappa shape index (κ1) is 11.2. The molecule has 0 aliphatic rings. The molecule has 0 amide bonds. The molecule has 0 saturated carbocycles. The van der Waals surface area contributed by atoms with Gasteiger partial charge in [-0.05, 0) is 57.9 Å². The van der Waals surface area contributed by atoms with Crippen molar-refractivity contribution in [2.45, 2.75) is 19.9 Å². The summed E-state index contributed by atoms with van der Waals surface area (Å²) in [6.45, 7) is 3.87. The quantitative estimate of drug-likeness (QED) is 0.911. The van der Waals surface area contributed by atoms with Crippen LogP contribution in [-0.4, -0.2) is 20.2 Å². The second-order valence-electron chi connectivity index (χ2n) is 3.69. The van der Waals surface area contributed by atoms with Crippen LogP contribution in [0.1, 0.15) is 24.4 Å². The number of aryl methyl sites for hydroxylation is 1. The number of tetrazole rings is 1. The third-order valence-electron chi connectivity index (χ3n) is 2.23. The van der Waals surface area contributed by atoms with Gasteiger partial charge in [0, 0.05) is 4.47 Å². The molecule has 6 heteroatoms. The van der Waals surface area contributed by atoms with E-state index >= 15 is 0 Å². The minimum atomic E-state index is -0.206. The molecule has 0 fully saturated rings. The monoisotopic (exact) mass is 281 g/mol. The molecule has 0 bridgehead atoms. The molecule has 2 N–H and O–H groups in total. The van der Waals surface area contributed by atoms with Crippen LogP contribution < -0.4 is 5.73 Å². The Morgan fingerprint density at radius 1 is 1.44 bits per heavy atom. The zero-order chi connectivity index (χ0) is 11.7. The van der Waals surface area contributed by atoms with Crippen molar-refractivity contribution < 1.29 is 0 Å². The van der Waals surface area contributed by atoms with Crippen LogP contribution in [0.5, 0.6) is 0 Å². The van der Waals surface area contributed by atoms with Crippen LogP contribution in [-0.2, 0) is 0 Å². The summed E-state index contributed by atoms with van der Waals surface area (Å²) in [4.78, 5) is 0. The Bertz CT molecular complexity index is 506. The Morgan fingerprint density at radius 2 is 2.19 bits per heavy atom. The molecule has 1 atom stereocenters. The summed E-state index contributed by atoms with van der Waals surface area (Å²) in [5.74, 6) is 0.645. The molecule has 0 spiro atoms. The fraction of sp³-hybridized carbons (Fsp3) is 0.300. The van der Waals surface area contributed by atoms with Crippen molar-refractivity contribution in [3.05, 3.63) is 34.1 Å². The van der Waals surface area contributed by atoms with Crippen LogP contribution in [0.2, 0.25) is 0 Å². The van der Waals surface area contributed by atoms with E-state index in [1.165, 1.54) is 0 Å². The molecule has 1 aromatic heterocycles. The van der Waals surface area contributed by atoms with Crippen LogP contribution in [0.15, 0.2) is 22.7 Å². The average molecular weight is 282 g/mol. The van der Waals surface area contributed by atoms with Crippen molar-refractivity contribution in [3.8, 4) is 5.69 Å². The number of halogens is 1. The molecule has 5 nitrogen and oxygen atoms in total. The fourth-order valence-corrected chi connectivity index (χ4v) is 1.85. The van der Waals surface area contributed by atoms with Gasteiger partial charge in [0.2, 0.25) is 0 Å². The second-order valence-corrected chi connectivity index (χ2v) is 4.55. The number of nitrogens with zero attached hydrogens (tertiary/aromatic N) is 4. The Hall–Kier alpha value is -1.27. The van der Waals surface area contributed by atoms with E-state index in [1.807, 2.05) is 32.0 Å². The maximum absolute atomic E-state index is 5.81. The lowest BCUT2D eigenvalue weighted by atomic mass is 10.2. The summed E-state index contributed by atoms with van der Waals surface area (Å²) in [6.07, 6.45) is 0.